The molecule has 1 aromatic carbocycles. The van der Waals surface area contributed by atoms with Crippen molar-refractivity contribution in [3.63, 3.8) is 0 Å². The van der Waals surface area contributed by atoms with Crippen molar-refractivity contribution >= 4 is 21.8 Å². The number of benzene rings is 1. The van der Waals surface area contributed by atoms with Crippen LogP contribution in [0.4, 0.5) is 0 Å². The first-order valence-electron chi connectivity index (χ1n) is 7.87. The van der Waals surface area contributed by atoms with Gasteiger partial charge in [-0.1, -0.05) is 22.0 Å². The minimum atomic E-state index is -0.0464. The van der Waals surface area contributed by atoms with E-state index in [0.29, 0.717) is 12.2 Å². The van der Waals surface area contributed by atoms with Crippen molar-refractivity contribution in [3.8, 4) is 5.69 Å². The molecule has 2 N–H and O–H groups in total. The van der Waals surface area contributed by atoms with Crippen LogP contribution in [0.25, 0.3) is 5.69 Å². The van der Waals surface area contributed by atoms with Gasteiger partial charge in [0, 0.05) is 35.4 Å². The maximum atomic E-state index is 12.8. The fourth-order valence-corrected chi connectivity index (χ4v) is 3.34. The lowest BCUT2D eigenvalue weighted by molar-refractivity contribution is 0.0741. The summed E-state index contributed by atoms with van der Waals surface area (Å²) in [4.78, 5) is 14.5. The van der Waals surface area contributed by atoms with Gasteiger partial charge < -0.3 is 10.6 Å². The summed E-state index contributed by atoms with van der Waals surface area (Å²) in [7, 11) is 1.79. The van der Waals surface area contributed by atoms with Crippen LogP contribution in [0, 0.1) is 0 Å². The second-order valence-corrected chi connectivity index (χ2v) is 6.94. The molecule has 0 saturated heterocycles. The number of likely N-dealkylation sites (N-methyl/N-ethyl adjacent to an activating group) is 1. The number of fused-ring (bicyclic) bond motifs is 1. The van der Waals surface area contributed by atoms with E-state index in [1.165, 1.54) is 0 Å². The number of nitrogens with zero attached hydrogens (tertiary/aromatic N) is 3. The summed E-state index contributed by atoms with van der Waals surface area (Å²) >= 11 is 3.50. The SMILES string of the molecule is CC(CN)N(C)C(=O)c1nn(-c2cccc(Br)c2)c2c1CCC2. The van der Waals surface area contributed by atoms with Crippen molar-refractivity contribution in [1.82, 2.24) is 14.7 Å². The van der Waals surface area contributed by atoms with Crippen LogP contribution < -0.4 is 5.73 Å². The van der Waals surface area contributed by atoms with E-state index in [-0.39, 0.29) is 11.9 Å². The van der Waals surface area contributed by atoms with E-state index in [4.69, 9.17) is 5.73 Å². The Morgan fingerprint density at radius 2 is 2.26 bits per heavy atom. The highest BCUT2D eigenvalue weighted by molar-refractivity contribution is 9.10. The lowest BCUT2D eigenvalue weighted by Gasteiger charge is -2.23. The molecular weight excluding hydrogens is 356 g/mol. The Hall–Kier alpha value is -1.66. The van der Waals surface area contributed by atoms with Crippen molar-refractivity contribution in [2.45, 2.75) is 32.2 Å². The molecule has 122 valence electrons. The van der Waals surface area contributed by atoms with Crippen molar-refractivity contribution in [2.24, 2.45) is 5.73 Å². The standard InChI is InChI=1S/C17H21BrN4O/c1-11(10-19)21(2)17(23)16-14-7-4-8-15(14)22(20-16)13-6-3-5-12(18)9-13/h3,5-6,9,11H,4,7-8,10,19H2,1-2H3. The maximum absolute atomic E-state index is 12.8. The first-order chi connectivity index (χ1) is 11.0. The lowest BCUT2D eigenvalue weighted by atomic mass is 10.1. The molecule has 1 aliphatic rings. The molecule has 1 atom stereocenters. The second-order valence-electron chi connectivity index (χ2n) is 6.02. The van der Waals surface area contributed by atoms with Gasteiger partial charge in [0.05, 0.1) is 5.69 Å². The Labute approximate surface area is 144 Å². The predicted octanol–water partition coefficient (Wildman–Crippen LogP) is 2.54. The Morgan fingerprint density at radius 3 is 2.96 bits per heavy atom. The Kier molecular flexibility index (Phi) is 4.55. The zero-order valence-electron chi connectivity index (χ0n) is 13.4. The summed E-state index contributed by atoms with van der Waals surface area (Å²) in [6.07, 6.45) is 2.94. The van der Waals surface area contributed by atoms with Crippen LogP contribution in [0.5, 0.6) is 0 Å². The van der Waals surface area contributed by atoms with E-state index in [1.54, 1.807) is 11.9 Å². The van der Waals surface area contributed by atoms with Gasteiger partial charge in [0.2, 0.25) is 0 Å². The molecule has 1 amide bonds. The normalized spacial score (nSPS) is 14.6. The third-order valence-corrected chi connectivity index (χ3v) is 5.00. The number of hydrogen-bond donors (Lipinski definition) is 1. The Balaban J connectivity index is 2.04. The number of nitrogens with two attached hydrogens (primary N) is 1. The zero-order chi connectivity index (χ0) is 16.6. The maximum Gasteiger partial charge on any atom is 0.274 e. The number of aromatic nitrogens is 2. The van der Waals surface area contributed by atoms with Crippen molar-refractivity contribution < 1.29 is 4.79 Å². The molecule has 0 bridgehead atoms. The third-order valence-electron chi connectivity index (χ3n) is 4.51. The van der Waals surface area contributed by atoms with Gasteiger partial charge in [-0.3, -0.25) is 4.79 Å². The first kappa shape index (κ1) is 16.2. The number of rotatable bonds is 4. The van der Waals surface area contributed by atoms with E-state index in [2.05, 4.69) is 21.0 Å². The average Bonchev–Trinajstić information content (AvgIpc) is 3.14. The van der Waals surface area contributed by atoms with Gasteiger partial charge in [-0.05, 0) is 44.4 Å². The van der Waals surface area contributed by atoms with Crippen LogP contribution in [0.15, 0.2) is 28.7 Å². The molecule has 1 aromatic heterocycles. The molecule has 0 spiro atoms. The number of carbonyl (C=O) groups excluding carboxylic acids is 1. The summed E-state index contributed by atoms with van der Waals surface area (Å²) < 4.78 is 2.92. The molecule has 0 radical (unpaired) electrons. The summed E-state index contributed by atoms with van der Waals surface area (Å²) in [5, 5.41) is 4.64. The van der Waals surface area contributed by atoms with Crippen LogP contribution in [0.1, 0.15) is 35.1 Å². The Bertz CT molecular complexity index is 740. The molecule has 5 nitrogen and oxygen atoms in total. The van der Waals surface area contributed by atoms with Crippen molar-refractivity contribution in [2.75, 3.05) is 13.6 Å². The smallest absolute Gasteiger partial charge is 0.274 e. The quantitative estimate of drug-likeness (QED) is 0.891. The van der Waals surface area contributed by atoms with Crippen LogP contribution in [0.3, 0.4) is 0 Å². The van der Waals surface area contributed by atoms with Gasteiger partial charge in [0.25, 0.3) is 5.91 Å². The van der Waals surface area contributed by atoms with E-state index < -0.39 is 0 Å². The molecule has 3 rings (SSSR count). The predicted molar refractivity (Wildman–Crippen MR) is 93.9 cm³/mol. The third kappa shape index (κ3) is 2.93. The summed E-state index contributed by atoms with van der Waals surface area (Å²) in [6.45, 7) is 2.39. The molecule has 1 aliphatic carbocycles. The van der Waals surface area contributed by atoms with Gasteiger partial charge in [-0.15, -0.1) is 0 Å². The molecule has 0 fully saturated rings. The average molecular weight is 377 g/mol. The molecule has 0 saturated carbocycles. The highest BCUT2D eigenvalue weighted by atomic mass is 79.9. The molecule has 6 heteroatoms. The topological polar surface area (TPSA) is 64.2 Å². The van der Waals surface area contributed by atoms with Gasteiger partial charge >= 0.3 is 0 Å². The van der Waals surface area contributed by atoms with Gasteiger partial charge in [-0.25, -0.2) is 4.68 Å². The number of amides is 1. The number of hydrogen-bond acceptors (Lipinski definition) is 3. The van der Waals surface area contributed by atoms with Crippen molar-refractivity contribution in [3.05, 3.63) is 45.7 Å². The second kappa shape index (κ2) is 6.45. The molecular formula is C17H21BrN4O. The van der Waals surface area contributed by atoms with Crippen LogP contribution in [-0.4, -0.2) is 40.2 Å². The molecule has 1 heterocycles. The van der Waals surface area contributed by atoms with Gasteiger partial charge in [-0.2, -0.15) is 5.10 Å². The largest absolute Gasteiger partial charge is 0.336 e. The summed E-state index contributed by atoms with van der Waals surface area (Å²) in [5.74, 6) is -0.0464. The fraction of sp³-hybridized carbons (Fsp3) is 0.412. The minimum absolute atomic E-state index is 0.00410. The van der Waals surface area contributed by atoms with Crippen LogP contribution in [-0.2, 0) is 12.8 Å². The minimum Gasteiger partial charge on any atom is -0.336 e. The highest BCUT2D eigenvalue weighted by Crippen LogP contribution is 2.29. The highest BCUT2D eigenvalue weighted by Gasteiger charge is 2.29. The molecule has 23 heavy (non-hydrogen) atoms. The Morgan fingerprint density at radius 1 is 1.48 bits per heavy atom. The monoisotopic (exact) mass is 376 g/mol. The molecule has 2 aromatic rings. The van der Waals surface area contributed by atoms with E-state index in [0.717, 1.165) is 40.7 Å². The fourth-order valence-electron chi connectivity index (χ4n) is 2.96. The van der Waals surface area contributed by atoms with Crippen LogP contribution >= 0.6 is 15.9 Å². The summed E-state index contributed by atoms with van der Waals surface area (Å²) in [6, 6.07) is 7.99. The molecule has 0 aliphatic heterocycles. The first-order valence-corrected chi connectivity index (χ1v) is 8.66. The summed E-state index contributed by atoms with van der Waals surface area (Å²) in [5.41, 5.74) is 9.48. The lowest BCUT2D eigenvalue weighted by Crippen LogP contribution is -2.40. The van der Waals surface area contributed by atoms with Crippen molar-refractivity contribution in [1.29, 1.82) is 0 Å². The van der Waals surface area contributed by atoms with E-state index in [1.807, 2.05) is 35.9 Å². The number of carbonyl (C=O) groups is 1. The van der Waals surface area contributed by atoms with Crippen LogP contribution in [0.2, 0.25) is 0 Å². The zero-order valence-corrected chi connectivity index (χ0v) is 15.0. The van der Waals surface area contributed by atoms with Gasteiger partial charge in [0.15, 0.2) is 5.69 Å². The van der Waals surface area contributed by atoms with E-state index >= 15 is 0 Å². The molecule has 1 unspecified atom stereocenters. The van der Waals surface area contributed by atoms with E-state index in [9.17, 15) is 4.79 Å². The van der Waals surface area contributed by atoms with Gasteiger partial charge in [0.1, 0.15) is 0 Å². The number of halogens is 1.